The van der Waals surface area contributed by atoms with E-state index in [0.29, 0.717) is 10.0 Å². The van der Waals surface area contributed by atoms with E-state index >= 15 is 0 Å². The number of thiophene rings is 1. The number of anilines is 2. The minimum absolute atomic E-state index is 0.0163. The van der Waals surface area contributed by atoms with E-state index in [1.54, 1.807) is 6.07 Å². The number of nitrogens with zero attached hydrogens (tertiary/aromatic N) is 1. The van der Waals surface area contributed by atoms with Crippen molar-refractivity contribution in [3.8, 4) is 0 Å². The lowest BCUT2D eigenvalue weighted by molar-refractivity contribution is 0.578. The number of nitrogens with one attached hydrogen (secondary N) is 1. The molecule has 0 unspecified atom stereocenters. The smallest absolute Gasteiger partial charge is 0.264 e. The van der Waals surface area contributed by atoms with E-state index in [0.717, 1.165) is 43.0 Å². The van der Waals surface area contributed by atoms with E-state index in [4.69, 9.17) is 23.2 Å². The van der Waals surface area contributed by atoms with Gasteiger partial charge < -0.3 is 4.90 Å². The predicted octanol–water partition coefficient (Wildman–Crippen LogP) is 4.85. The molecular formula is C15H16Cl2N2O2S2. The van der Waals surface area contributed by atoms with Crippen LogP contribution in [0.4, 0.5) is 11.4 Å². The van der Waals surface area contributed by atoms with Crippen molar-refractivity contribution in [1.29, 1.82) is 0 Å². The Morgan fingerprint density at radius 1 is 1.09 bits per heavy atom. The van der Waals surface area contributed by atoms with Gasteiger partial charge in [-0.1, -0.05) is 35.3 Å². The fourth-order valence-electron chi connectivity index (χ4n) is 2.68. The first kappa shape index (κ1) is 16.9. The molecule has 124 valence electrons. The maximum atomic E-state index is 12.6. The molecule has 0 amide bonds. The molecule has 1 saturated heterocycles. The van der Waals surface area contributed by atoms with Gasteiger partial charge in [-0.15, -0.1) is 11.3 Å². The number of halogens is 2. The second kappa shape index (κ2) is 6.89. The van der Waals surface area contributed by atoms with Gasteiger partial charge in [-0.25, -0.2) is 8.42 Å². The summed E-state index contributed by atoms with van der Waals surface area (Å²) >= 11 is 12.9. The number of hydrogen-bond acceptors (Lipinski definition) is 4. The summed E-state index contributed by atoms with van der Waals surface area (Å²) in [6.07, 6.45) is 3.45. The molecule has 0 saturated carbocycles. The summed E-state index contributed by atoms with van der Waals surface area (Å²) in [5.74, 6) is 0. The van der Waals surface area contributed by atoms with E-state index in [-0.39, 0.29) is 9.23 Å². The van der Waals surface area contributed by atoms with Crippen LogP contribution in [-0.4, -0.2) is 21.5 Å². The Balaban J connectivity index is 1.92. The van der Waals surface area contributed by atoms with Crippen molar-refractivity contribution in [2.24, 2.45) is 0 Å². The number of benzene rings is 1. The van der Waals surface area contributed by atoms with E-state index in [9.17, 15) is 8.42 Å². The number of sulfonamides is 1. The van der Waals surface area contributed by atoms with Gasteiger partial charge in [-0.3, -0.25) is 4.72 Å². The lowest BCUT2D eigenvalue weighted by Gasteiger charge is -2.30. The molecule has 0 atom stereocenters. The molecule has 3 rings (SSSR count). The first-order valence-corrected chi connectivity index (χ1v) is 10.3. The molecule has 8 heteroatoms. The number of rotatable bonds is 4. The van der Waals surface area contributed by atoms with Crippen molar-refractivity contribution in [2.45, 2.75) is 24.2 Å². The van der Waals surface area contributed by atoms with E-state index in [1.165, 1.54) is 12.5 Å². The quantitative estimate of drug-likeness (QED) is 0.811. The van der Waals surface area contributed by atoms with E-state index < -0.39 is 10.0 Å². The zero-order valence-corrected chi connectivity index (χ0v) is 15.4. The molecule has 23 heavy (non-hydrogen) atoms. The molecule has 1 aliphatic heterocycles. The van der Waals surface area contributed by atoms with Crippen molar-refractivity contribution in [3.05, 3.63) is 39.0 Å². The summed E-state index contributed by atoms with van der Waals surface area (Å²) in [5, 5.41) is 0. The zero-order valence-electron chi connectivity index (χ0n) is 12.3. The van der Waals surface area contributed by atoms with Gasteiger partial charge in [-0.05, 0) is 37.5 Å². The highest BCUT2D eigenvalue weighted by atomic mass is 35.5. The predicted molar refractivity (Wildman–Crippen MR) is 97.7 cm³/mol. The fourth-order valence-corrected chi connectivity index (χ4v) is 5.90. The van der Waals surface area contributed by atoms with Crippen LogP contribution in [0.1, 0.15) is 19.3 Å². The third-order valence-corrected chi connectivity index (χ3v) is 6.88. The van der Waals surface area contributed by atoms with Crippen LogP contribution < -0.4 is 9.62 Å². The normalized spacial score (nSPS) is 15.7. The molecule has 0 radical (unpaired) electrons. The van der Waals surface area contributed by atoms with Crippen LogP contribution in [0.5, 0.6) is 0 Å². The summed E-state index contributed by atoms with van der Waals surface area (Å²) in [4.78, 5) is 2.23. The van der Waals surface area contributed by atoms with Gasteiger partial charge >= 0.3 is 0 Å². The van der Waals surface area contributed by atoms with Crippen LogP contribution in [0.3, 0.4) is 0 Å². The van der Waals surface area contributed by atoms with E-state index in [1.807, 2.05) is 18.2 Å². The third kappa shape index (κ3) is 3.76. The van der Waals surface area contributed by atoms with Gasteiger partial charge in [-0.2, -0.15) is 0 Å². The molecule has 2 heterocycles. The lowest BCUT2D eigenvalue weighted by Crippen LogP contribution is -2.30. The van der Waals surface area contributed by atoms with Gasteiger partial charge in [0.05, 0.1) is 15.7 Å². The average molecular weight is 391 g/mol. The second-order valence-corrected chi connectivity index (χ2v) is 9.30. The van der Waals surface area contributed by atoms with Crippen molar-refractivity contribution < 1.29 is 8.42 Å². The largest absolute Gasteiger partial charge is 0.370 e. The molecule has 2 aromatic rings. The Hall–Kier alpha value is -0.950. The highest BCUT2D eigenvalue weighted by molar-refractivity contribution is 7.93. The van der Waals surface area contributed by atoms with Gasteiger partial charge in [0.25, 0.3) is 10.0 Å². The average Bonchev–Trinajstić information content (AvgIpc) is 2.88. The first-order chi connectivity index (χ1) is 11.0. The summed E-state index contributed by atoms with van der Waals surface area (Å²) in [7, 11) is -3.77. The molecule has 0 spiro atoms. The fraction of sp³-hybridized carbons (Fsp3) is 0.333. The van der Waals surface area contributed by atoms with Gasteiger partial charge in [0, 0.05) is 13.1 Å². The van der Waals surface area contributed by atoms with Crippen molar-refractivity contribution in [3.63, 3.8) is 0 Å². The topological polar surface area (TPSA) is 49.4 Å². The molecule has 1 aromatic heterocycles. The SMILES string of the molecule is O=S(=O)(Nc1ccccc1N1CCCCC1)c1cc(Cl)sc1Cl. The first-order valence-electron chi connectivity index (χ1n) is 7.29. The Bertz CT molecular complexity index is 800. The van der Waals surface area contributed by atoms with Crippen LogP contribution in [-0.2, 0) is 10.0 Å². The van der Waals surface area contributed by atoms with Crippen LogP contribution in [0.15, 0.2) is 35.2 Å². The molecule has 1 aromatic carbocycles. The maximum Gasteiger partial charge on any atom is 0.264 e. The maximum absolute atomic E-state index is 12.6. The highest BCUT2D eigenvalue weighted by Crippen LogP contribution is 2.36. The summed E-state index contributed by atoms with van der Waals surface area (Å²) < 4.78 is 28.4. The molecule has 0 bridgehead atoms. The Labute approximate surface area is 150 Å². The summed E-state index contributed by atoms with van der Waals surface area (Å²) in [5.41, 5.74) is 1.46. The van der Waals surface area contributed by atoms with Gasteiger partial charge in [0.15, 0.2) is 0 Å². The molecule has 1 N–H and O–H groups in total. The standard InChI is InChI=1S/C15H16Cl2N2O2S2/c16-14-10-13(15(17)22-14)23(20,21)18-11-6-2-3-7-12(11)19-8-4-1-5-9-19/h2-3,6-7,10,18H,1,4-5,8-9H2. The molecule has 4 nitrogen and oxygen atoms in total. The van der Waals surface area contributed by atoms with Crippen LogP contribution in [0.25, 0.3) is 0 Å². The second-order valence-electron chi connectivity index (χ2n) is 5.36. The lowest BCUT2D eigenvalue weighted by atomic mass is 10.1. The number of piperidine rings is 1. The number of hydrogen-bond donors (Lipinski definition) is 1. The van der Waals surface area contributed by atoms with Crippen LogP contribution in [0, 0.1) is 0 Å². The minimum atomic E-state index is -3.77. The van der Waals surface area contributed by atoms with E-state index in [2.05, 4.69) is 9.62 Å². The molecular weight excluding hydrogens is 375 g/mol. The van der Waals surface area contributed by atoms with Gasteiger partial charge in [0.1, 0.15) is 9.23 Å². The van der Waals surface area contributed by atoms with Gasteiger partial charge in [0.2, 0.25) is 0 Å². The molecule has 1 aliphatic rings. The highest BCUT2D eigenvalue weighted by Gasteiger charge is 2.23. The molecule has 0 aliphatic carbocycles. The third-order valence-electron chi connectivity index (χ3n) is 3.76. The minimum Gasteiger partial charge on any atom is -0.370 e. The monoisotopic (exact) mass is 390 g/mol. The Morgan fingerprint density at radius 3 is 2.43 bits per heavy atom. The molecule has 1 fully saturated rings. The summed E-state index contributed by atoms with van der Waals surface area (Å²) in [6, 6.07) is 8.80. The number of para-hydroxylation sites is 2. The van der Waals surface area contributed by atoms with Crippen molar-refractivity contribution >= 4 is 55.9 Å². The Morgan fingerprint density at radius 2 is 1.78 bits per heavy atom. The van der Waals surface area contributed by atoms with Crippen molar-refractivity contribution in [1.82, 2.24) is 0 Å². The van der Waals surface area contributed by atoms with Crippen LogP contribution in [0.2, 0.25) is 8.67 Å². The summed E-state index contributed by atoms with van der Waals surface area (Å²) in [6.45, 7) is 1.87. The van der Waals surface area contributed by atoms with Crippen LogP contribution >= 0.6 is 34.5 Å². The Kier molecular flexibility index (Phi) is 5.06. The van der Waals surface area contributed by atoms with Crippen molar-refractivity contribution in [2.75, 3.05) is 22.7 Å². The zero-order chi connectivity index (χ0) is 16.4.